The highest BCUT2D eigenvalue weighted by molar-refractivity contribution is 5.84. The standard InChI is InChI=1S/C18H21N3O3/c1-2-24-16(22)18(15-6-4-3-5-7-15)8-11-20(12-9-18)17(23)21-13-10-19-14-21/h3-7,10,13-14H,2,8-9,11-12H2,1H3. The number of nitrogens with zero attached hydrogens (tertiary/aromatic N) is 3. The number of rotatable bonds is 3. The third-order valence-corrected chi connectivity index (χ3v) is 4.61. The van der Waals surface area contributed by atoms with Crippen LogP contribution in [0.25, 0.3) is 0 Å². The number of likely N-dealkylation sites (tertiary alicyclic amines) is 1. The molecule has 0 N–H and O–H groups in total. The summed E-state index contributed by atoms with van der Waals surface area (Å²) in [4.78, 5) is 30.8. The van der Waals surface area contributed by atoms with E-state index in [0.29, 0.717) is 32.5 Å². The number of amides is 1. The number of aromatic nitrogens is 2. The second-order valence-corrected chi connectivity index (χ2v) is 5.91. The van der Waals surface area contributed by atoms with E-state index in [4.69, 9.17) is 4.74 Å². The molecule has 0 spiro atoms. The highest BCUT2D eigenvalue weighted by Crippen LogP contribution is 2.37. The first-order valence-electron chi connectivity index (χ1n) is 8.17. The molecule has 3 rings (SSSR count). The topological polar surface area (TPSA) is 64.4 Å². The molecule has 0 radical (unpaired) electrons. The van der Waals surface area contributed by atoms with E-state index in [0.717, 1.165) is 5.56 Å². The molecule has 6 heteroatoms. The summed E-state index contributed by atoms with van der Waals surface area (Å²) < 4.78 is 6.81. The van der Waals surface area contributed by atoms with E-state index in [1.807, 2.05) is 37.3 Å². The fraction of sp³-hybridized carbons (Fsp3) is 0.389. The quantitative estimate of drug-likeness (QED) is 0.812. The summed E-state index contributed by atoms with van der Waals surface area (Å²) in [5.74, 6) is -0.203. The van der Waals surface area contributed by atoms with Gasteiger partial charge in [-0.05, 0) is 25.3 Å². The maximum Gasteiger partial charge on any atom is 0.329 e. The van der Waals surface area contributed by atoms with Gasteiger partial charge in [-0.2, -0.15) is 0 Å². The lowest BCUT2D eigenvalue weighted by Crippen LogP contribution is -2.50. The van der Waals surface area contributed by atoms with Crippen molar-refractivity contribution in [3.8, 4) is 0 Å². The van der Waals surface area contributed by atoms with Crippen LogP contribution in [0, 0.1) is 0 Å². The number of piperidine rings is 1. The summed E-state index contributed by atoms with van der Waals surface area (Å²) in [5.41, 5.74) is 0.279. The minimum Gasteiger partial charge on any atom is -0.465 e. The molecular weight excluding hydrogens is 306 g/mol. The molecule has 1 amide bonds. The van der Waals surface area contributed by atoms with E-state index in [2.05, 4.69) is 4.98 Å². The zero-order chi connectivity index (χ0) is 17.0. The average Bonchev–Trinajstić information content (AvgIpc) is 3.17. The number of carbonyl (C=O) groups excluding carboxylic acids is 2. The largest absolute Gasteiger partial charge is 0.465 e. The van der Waals surface area contributed by atoms with Crippen LogP contribution in [0.15, 0.2) is 49.1 Å². The molecule has 2 aromatic rings. The van der Waals surface area contributed by atoms with Crippen LogP contribution >= 0.6 is 0 Å². The maximum atomic E-state index is 12.7. The first-order valence-corrected chi connectivity index (χ1v) is 8.17. The van der Waals surface area contributed by atoms with Gasteiger partial charge in [-0.3, -0.25) is 9.36 Å². The van der Waals surface area contributed by atoms with Gasteiger partial charge >= 0.3 is 12.0 Å². The van der Waals surface area contributed by atoms with E-state index in [1.54, 1.807) is 17.3 Å². The normalized spacial score (nSPS) is 16.6. The molecule has 1 aromatic heterocycles. The first-order chi connectivity index (χ1) is 11.7. The minimum atomic E-state index is -0.678. The van der Waals surface area contributed by atoms with E-state index >= 15 is 0 Å². The highest BCUT2D eigenvalue weighted by Gasteiger charge is 2.45. The van der Waals surface area contributed by atoms with Crippen molar-refractivity contribution in [1.82, 2.24) is 14.5 Å². The average molecular weight is 327 g/mol. The summed E-state index contributed by atoms with van der Waals surface area (Å²) in [5, 5.41) is 0. The Morgan fingerprint density at radius 1 is 1.21 bits per heavy atom. The van der Waals surface area contributed by atoms with Crippen molar-refractivity contribution in [3.05, 3.63) is 54.6 Å². The van der Waals surface area contributed by atoms with Crippen LogP contribution in [-0.4, -0.2) is 46.1 Å². The molecule has 1 fully saturated rings. The van der Waals surface area contributed by atoms with E-state index in [-0.39, 0.29) is 12.0 Å². The third-order valence-electron chi connectivity index (χ3n) is 4.61. The summed E-state index contributed by atoms with van der Waals surface area (Å²) in [6.45, 7) is 3.18. The van der Waals surface area contributed by atoms with E-state index in [1.165, 1.54) is 10.9 Å². The second-order valence-electron chi connectivity index (χ2n) is 5.91. The number of imidazole rings is 1. The van der Waals surface area contributed by atoms with Crippen LogP contribution in [0.1, 0.15) is 25.3 Å². The van der Waals surface area contributed by atoms with Gasteiger partial charge in [0, 0.05) is 25.5 Å². The number of esters is 1. The van der Waals surface area contributed by atoms with Crippen molar-refractivity contribution >= 4 is 12.0 Å². The van der Waals surface area contributed by atoms with Gasteiger partial charge in [-0.25, -0.2) is 9.78 Å². The van der Waals surface area contributed by atoms with Crippen molar-refractivity contribution in [2.45, 2.75) is 25.2 Å². The monoisotopic (exact) mass is 327 g/mol. The number of carbonyl (C=O) groups is 2. The molecule has 1 saturated heterocycles. The lowest BCUT2D eigenvalue weighted by molar-refractivity contribution is -0.152. The van der Waals surface area contributed by atoms with Crippen molar-refractivity contribution in [2.24, 2.45) is 0 Å². The van der Waals surface area contributed by atoms with Gasteiger partial charge < -0.3 is 9.64 Å². The predicted molar refractivity (Wildman–Crippen MR) is 88.6 cm³/mol. The third kappa shape index (κ3) is 2.91. The van der Waals surface area contributed by atoms with Gasteiger partial charge in [0.1, 0.15) is 6.33 Å². The summed E-state index contributed by atoms with van der Waals surface area (Å²) in [6, 6.07) is 9.60. The molecule has 0 unspecified atom stereocenters. The number of benzene rings is 1. The van der Waals surface area contributed by atoms with Crippen molar-refractivity contribution in [3.63, 3.8) is 0 Å². The molecular formula is C18H21N3O3. The molecule has 1 aromatic carbocycles. The Morgan fingerprint density at radius 2 is 1.92 bits per heavy atom. The summed E-state index contributed by atoms with van der Waals surface area (Å²) >= 11 is 0. The highest BCUT2D eigenvalue weighted by atomic mass is 16.5. The summed E-state index contributed by atoms with van der Waals surface area (Å²) in [6.07, 6.45) is 5.81. The molecule has 0 atom stereocenters. The fourth-order valence-electron chi connectivity index (χ4n) is 3.25. The fourth-order valence-corrected chi connectivity index (χ4v) is 3.25. The van der Waals surface area contributed by atoms with Crippen molar-refractivity contribution in [2.75, 3.05) is 19.7 Å². The number of hydrogen-bond acceptors (Lipinski definition) is 4. The van der Waals surface area contributed by atoms with Gasteiger partial charge in [0.15, 0.2) is 0 Å². The Kier molecular flexibility index (Phi) is 4.64. The smallest absolute Gasteiger partial charge is 0.329 e. The molecule has 2 heterocycles. The Hall–Kier alpha value is -2.63. The van der Waals surface area contributed by atoms with Gasteiger partial charge in [-0.1, -0.05) is 30.3 Å². The minimum absolute atomic E-state index is 0.113. The molecule has 126 valence electrons. The summed E-state index contributed by atoms with van der Waals surface area (Å²) in [7, 11) is 0. The Bertz CT molecular complexity index is 690. The van der Waals surface area contributed by atoms with Crippen LogP contribution in [0.4, 0.5) is 4.79 Å². The molecule has 1 aliphatic heterocycles. The molecule has 0 aliphatic carbocycles. The van der Waals surface area contributed by atoms with Crippen LogP contribution in [-0.2, 0) is 14.9 Å². The lowest BCUT2D eigenvalue weighted by atomic mass is 9.73. The Morgan fingerprint density at radius 3 is 2.50 bits per heavy atom. The second kappa shape index (κ2) is 6.86. The molecule has 6 nitrogen and oxygen atoms in total. The van der Waals surface area contributed by atoms with E-state index in [9.17, 15) is 9.59 Å². The van der Waals surface area contributed by atoms with Crippen LogP contribution in [0.2, 0.25) is 0 Å². The van der Waals surface area contributed by atoms with Crippen LogP contribution in [0.3, 0.4) is 0 Å². The molecule has 0 bridgehead atoms. The number of ether oxygens (including phenoxy) is 1. The Balaban J connectivity index is 1.81. The van der Waals surface area contributed by atoms with Gasteiger partial charge in [0.2, 0.25) is 0 Å². The van der Waals surface area contributed by atoms with Crippen LogP contribution in [0.5, 0.6) is 0 Å². The molecule has 24 heavy (non-hydrogen) atoms. The van der Waals surface area contributed by atoms with Crippen molar-refractivity contribution in [1.29, 1.82) is 0 Å². The maximum absolute atomic E-state index is 12.7. The van der Waals surface area contributed by atoms with Gasteiger partial charge in [0.25, 0.3) is 0 Å². The van der Waals surface area contributed by atoms with Crippen molar-refractivity contribution < 1.29 is 14.3 Å². The molecule has 0 saturated carbocycles. The van der Waals surface area contributed by atoms with E-state index < -0.39 is 5.41 Å². The number of hydrogen-bond donors (Lipinski definition) is 0. The molecule has 1 aliphatic rings. The lowest BCUT2D eigenvalue weighted by Gasteiger charge is -2.40. The van der Waals surface area contributed by atoms with Gasteiger partial charge in [-0.15, -0.1) is 0 Å². The zero-order valence-electron chi connectivity index (χ0n) is 13.7. The van der Waals surface area contributed by atoms with Crippen LogP contribution < -0.4 is 0 Å². The van der Waals surface area contributed by atoms with Gasteiger partial charge in [0.05, 0.1) is 12.0 Å². The SMILES string of the molecule is CCOC(=O)C1(c2ccccc2)CCN(C(=O)n2ccnc2)CC1. The first kappa shape index (κ1) is 16.2. The Labute approximate surface area is 141 Å². The zero-order valence-corrected chi connectivity index (χ0v) is 13.7. The predicted octanol–water partition coefficient (Wildman–Crippen LogP) is 2.45.